The first kappa shape index (κ1) is 16.5. The fourth-order valence-electron chi connectivity index (χ4n) is 2.09. The highest BCUT2D eigenvalue weighted by Crippen LogP contribution is 2.37. The van der Waals surface area contributed by atoms with E-state index in [0.29, 0.717) is 0 Å². The van der Waals surface area contributed by atoms with Crippen molar-refractivity contribution in [1.29, 1.82) is 0 Å². The van der Waals surface area contributed by atoms with Crippen LogP contribution in [0.25, 0.3) is 0 Å². The van der Waals surface area contributed by atoms with Gasteiger partial charge in [0.1, 0.15) is 0 Å². The minimum atomic E-state index is 0.165. The third-order valence-electron chi connectivity index (χ3n) is 2.92. The molecule has 1 unspecified atom stereocenters. The number of hydrogen-bond donors (Lipinski definition) is 1. The minimum absolute atomic E-state index is 0.165. The van der Waals surface area contributed by atoms with Gasteiger partial charge >= 0.3 is 0 Å². The molecule has 0 radical (unpaired) electrons. The smallest absolute Gasteiger partial charge is 0.0683 e. The molecule has 0 spiro atoms. The van der Waals surface area contributed by atoms with Crippen LogP contribution < -0.4 is 5.32 Å². The fourth-order valence-corrected chi connectivity index (χ4v) is 4.96. The molecule has 2 aromatic rings. The summed E-state index contributed by atoms with van der Waals surface area (Å²) in [7, 11) is 0. The third-order valence-corrected chi connectivity index (χ3v) is 5.63. The maximum Gasteiger partial charge on any atom is 0.0683 e. The molecule has 1 aromatic heterocycles. The highest BCUT2D eigenvalue weighted by atomic mass is 79.9. The van der Waals surface area contributed by atoms with E-state index in [1.807, 2.05) is 23.5 Å². The molecule has 20 heavy (non-hydrogen) atoms. The number of rotatable bonds is 5. The molecule has 5 heteroatoms. The third kappa shape index (κ3) is 4.08. The summed E-state index contributed by atoms with van der Waals surface area (Å²) in [6.07, 6.45) is 1.10. The Kier molecular flexibility index (Phi) is 6.11. The Hall–Kier alpha value is 0.130. The average Bonchev–Trinajstić information content (AvgIpc) is 2.68. The molecule has 108 valence electrons. The van der Waals surface area contributed by atoms with E-state index in [1.54, 1.807) is 0 Å². The zero-order chi connectivity index (χ0) is 14.7. The van der Waals surface area contributed by atoms with Crippen molar-refractivity contribution in [1.82, 2.24) is 5.32 Å². The summed E-state index contributed by atoms with van der Waals surface area (Å²) in [6, 6.07) is 8.40. The number of benzene rings is 1. The molecule has 0 aliphatic rings. The van der Waals surface area contributed by atoms with Crippen molar-refractivity contribution in [3.8, 4) is 0 Å². The first-order valence-electron chi connectivity index (χ1n) is 6.46. The fraction of sp³-hybridized carbons (Fsp3) is 0.333. The second-order valence-electron chi connectivity index (χ2n) is 4.66. The Bertz CT molecular complexity index is 577. The second-order valence-corrected chi connectivity index (χ2v) is 8.15. The van der Waals surface area contributed by atoms with Crippen LogP contribution in [0.15, 0.2) is 33.2 Å². The van der Waals surface area contributed by atoms with Gasteiger partial charge < -0.3 is 5.32 Å². The van der Waals surface area contributed by atoms with Crippen molar-refractivity contribution < 1.29 is 0 Å². The van der Waals surface area contributed by atoms with E-state index < -0.39 is 0 Å². The highest BCUT2D eigenvalue weighted by Gasteiger charge is 2.19. The van der Waals surface area contributed by atoms with Gasteiger partial charge in [0.2, 0.25) is 0 Å². The molecule has 1 nitrogen and oxygen atoms in total. The Labute approximate surface area is 146 Å². The van der Waals surface area contributed by atoms with E-state index in [-0.39, 0.29) is 6.04 Å². The Balaban J connectivity index is 2.43. The van der Waals surface area contributed by atoms with E-state index in [9.17, 15) is 0 Å². The number of thiophene rings is 1. The maximum absolute atomic E-state index is 6.19. The van der Waals surface area contributed by atoms with Gasteiger partial charge in [-0.15, -0.1) is 11.3 Å². The summed E-state index contributed by atoms with van der Waals surface area (Å²) >= 11 is 15.2. The zero-order valence-corrected chi connectivity index (χ0v) is 16.1. The molecule has 0 saturated carbocycles. The normalized spacial score (nSPS) is 12.7. The number of nitrogens with one attached hydrogen (secondary N) is 1. The lowest BCUT2D eigenvalue weighted by molar-refractivity contribution is 0.604. The van der Waals surface area contributed by atoms with Gasteiger partial charge in [-0.25, -0.2) is 0 Å². The highest BCUT2D eigenvalue weighted by molar-refractivity contribution is 9.10. The van der Waals surface area contributed by atoms with Crippen LogP contribution in [0.5, 0.6) is 0 Å². The molecule has 2 rings (SSSR count). The van der Waals surface area contributed by atoms with Gasteiger partial charge in [0, 0.05) is 23.7 Å². The van der Waals surface area contributed by atoms with E-state index in [0.717, 1.165) is 26.9 Å². The van der Waals surface area contributed by atoms with Gasteiger partial charge in [-0.05, 0) is 65.6 Å². The topological polar surface area (TPSA) is 12.0 Å². The van der Waals surface area contributed by atoms with Crippen LogP contribution in [-0.2, 0) is 0 Å². The minimum Gasteiger partial charge on any atom is -0.306 e. The van der Waals surface area contributed by atoms with Crippen LogP contribution in [0.3, 0.4) is 0 Å². The molecule has 1 aromatic carbocycles. The average molecular weight is 438 g/mol. The van der Waals surface area contributed by atoms with Crippen molar-refractivity contribution >= 4 is 54.8 Å². The van der Waals surface area contributed by atoms with Crippen LogP contribution in [0.4, 0.5) is 0 Å². The molecule has 0 saturated heterocycles. The van der Waals surface area contributed by atoms with Gasteiger partial charge in [0.15, 0.2) is 0 Å². The van der Waals surface area contributed by atoms with E-state index in [4.69, 9.17) is 11.6 Å². The van der Waals surface area contributed by atoms with Gasteiger partial charge in [-0.2, -0.15) is 0 Å². The molecule has 1 atom stereocenters. The van der Waals surface area contributed by atoms with Crippen molar-refractivity contribution in [2.24, 2.45) is 0 Å². The Morgan fingerprint density at radius 3 is 2.55 bits per heavy atom. The van der Waals surface area contributed by atoms with Gasteiger partial charge in [0.25, 0.3) is 0 Å². The van der Waals surface area contributed by atoms with Crippen molar-refractivity contribution in [3.63, 3.8) is 0 Å². The van der Waals surface area contributed by atoms with Crippen LogP contribution in [0.1, 0.15) is 34.7 Å². The number of halogens is 3. The summed E-state index contributed by atoms with van der Waals surface area (Å²) < 4.78 is 2.16. The molecule has 0 aliphatic heterocycles. The zero-order valence-electron chi connectivity index (χ0n) is 11.3. The molecule has 1 heterocycles. The summed E-state index contributed by atoms with van der Waals surface area (Å²) in [5.74, 6) is 0. The lowest BCUT2D eigenvalue weighted by Crippen LogP contribution is -2.22. The monoisotopic (exact) mass is 435 g/mol. The SMILES string of the molecule is CCCNC(c1cc(Cl)cc(Br)c1)c1sc(C)cc1Br. The Morgan fingerprint density at radius 1 is 1.25 bits per heavy atom. The molecule has 0 aliphatic carbocycles. The lowest BCUT2D eigenvalue weighted by atomic mass is 10.1. The second kappa shape index (κ2) is 7.41. The van der Waals surface area contributed by atoms with Crippen LogP contribution in [0.2, 0.25) is 5.02 Å². The number of hydrogen-bond acceptors (Lipinski definition) is 2. The van der Waals surface area contributed by atoms with Gasteiger partial charge in [0.05, 0.1) is 6.04 Å². The van der Waals surface area contributed by atoms with Gasteiger partial charge in [-0.1, -0.05) is 34.5 Å². The maximum atomic E-state index is 6.19. The van der Waals surface area contributed by atoms with Crippen molar-refractivity contribution in [2.75, 3.05) is 6.54 Å². The van der Waals surface area contributed by atoms with Crippen molar-refractivity contribution in [2.45, 2.75) is 26.3 Å². The van der Waals surface area contributed by atoms with Crippen LogP contribution in [-0.4, -0.2) is 6.54 Å². The quantitative estimate of drug-likeness (QED) is 0.577. The van der Waals surface area contributed by atoms with E-state index >= 15 is 0 Å². The largest absolute Gasteiger partial charge is 0.306 e. The molecular formula is C15H16Br2ClNS. The molecule has 0 amide bonds. The first-order valence-corrected chi connectivity index (χ1v) is 9.24. The van der Waals surface area contributed by atoms with E-state index in [1.165, 1.54) is 15.3 Å². The van der Waals surface area contributed by atoms with Crippen molar-refractivity contribution in [3.05, 3.63) is 53.6 Å². The standard InChI is InChI=1S/C15H16Br2ClNS/c1-3-4-19-14(15-13(17)5-9(2)20-15)10-6-11(16)8-12(18)7-10/h5-8,14,19H,3-4H2,1-2H3. The molecule has 1 N–H and O–H groups in total. The summed E-state index contributed by atoms with van der Waals surface area (Å²) in [5, 5.41) is 4.36. The van der Waals surface area contributed by atoms with Crippen LogP contribution >= 0.6 is 54.8 Å². The summed E-state index contributed by atoms with van der Waals surface area (Å²) in [5.41, 5.74) is 1.18. The lowest BCUT2D eigenvalue weighted by Gasteiger charge is -2.19. The van der Waals surface area contributed by atoms with E-state index in [2.05, 4.69) is 63.2 Å². The summed E-state index contributed by atoms with van der Waals surface area (Å²) in [4.78, 5) is 2.60. The predicted octanol–water partition coefficient (Wildman–Crippen LogP) is 6.32. The number of aryl methyl sites for hydroxylation is 1. The Morgan fingerprint density at radius 2 is 2.00 bits per heavy atom. The first-order chi connectivity index (χ1) is 9.51. The molecule has 0 fully saturated rings. The van der Waals surface area contributed by atoms with Crippen LogP contribution in [0, 0.1) is 6.92 Å². The van der Waals surface area contributed by atoms with Gasteiger partial charge in [-0.3, -0.25) is 0 Å². The molecular weight excluding hydrogens is 422 g/mol. The predicted molar refractivity (Wildman–Crippen MR) is 96.0 cm³/mol. The molecule has 0 bridgehead atoms. The summed E-state index contributed by atoms with van der Waals surface area (Å²) in [6.45, 7) is 5.27.